The molecule has 0 aliphatic carbocycles. The summed E-state index contributed by atoms with van der Waals surface area (Å²) >= 11 is 5.91. The Morgan fingerprint density at radius 3 is 3.10 bits per heavy atom. The van der Waals surface area contributed by atoms with Crippen molar-refractivity contribution >= 4 is 11.6 Å². The van der Waals surface area contributed by atoms with E-state index in [0.717, 1.165) is 19.6 Å². The van der Waals surface area contributed by atoms with Crippen LogP contribution < -0.4 is 5.32 Å². The first kappa shape index (κ1) is 8.27. The highest BCUT2D eigenvalue weighted by Gasteiger charge is 2.17. The summed E-state index contributed by atoms with van der Waals surface area (Å²) in [6, 6.07) is 0. The van der Waals surface area contributed by atoms with Gasteiger partial charge in [0, 0.05) is 26.2 Å². The van der Waals surface area contributed by atoms with Gasteiger partial charge in [-0.2, -0.15) is 0 Å². The first-order chi connectivity index (χ1) is 4.84. The Balaban J connectivity index is 2.25. The molecule has 0 amide bonds. The molecule has 1 saturated heterocycles. The zero-order chi connectivity index (χ0) is 7.40. The van der Waals surface area contributed by atoms with E-state index in [0.29, 0.717) is 6.54 Å². The lowest BCUT2D eigenvalue weighted by Gasteiger charge is -2.31. The molecule has 0 saturated carbocycles. The normalized spacial score (nSPS) is 28.8. The second kappa shape index (κ2) is 4.13. The lowest BCUT2D eigenvalue weighted by Crippen LogP contribution is -2.49. The molecule has 1 rings (SSSR count). The molecule has 1 unspecified atom stereocenters. The van der Waals surface area contributed by atoms with Crippen LogP contribution in [0, 0.1) is 0 Å². The van der Waals surface area contributed by atoms with Crippen LogP contribution >= 0.6 is 11.6 Å². The van der Waals surface area contributed by atoms with Crippen LogP contribution in [0.4, 0.5) is 0 Å². The highest BCUT2D eigenvalue weighted by atomic mass is 35.5. The van der Waals surface area contributed by atoms with Gasteiger partial charge in [-0.1, -0.05) is 0 Å². The van der Waals surface area contributed by atoms with Crippen LogP contribution in [0.1, 0.15) is 0 Å². The first-order valence-corrected chi connectivity index (χ1v) is 3.98. The summed E-state index contributed by atoms with van der Waals surface area (Å²) in [5, 5.41) is 11.8. The molecule has 1 heterocycles. The Bertz CT molecular complexity index is 99.7. The summed E-state index contributed by atoms with van der Waals surface area (Å²) in [6.45, 7) is 3.62. The Hall–Kier alpha value is 0.170. The van der Waals surface area contributed by atoms with E-state index in [-0.39, 0.29) is 12.1 Å². The van der Waals surface area contributed by atoms with Crippen molar-refractivity contribution in [3.63, 3.8) is 0 Å². The predicted molar refractivity (Wildman–Crippen MR) is 41.2 cm³/mol. The summed E-state index contributed by atoms with van der Waals surface area (Å²) in [5.41, 5.74) is 0.0564. The topological polar surface area (TPSA) is 35.5 Å². The van der Waals surface area contributed by atoms with Crippen molar-refractivity contribution in [2.75, 3.05) is 32.8 Å². The molecule has 0 aromatic carbocycles. The molecule has 0 bridgehead atoms. The second-order valence-corrected chi connectivity index (χ2v) is 2.90. The predicted octanol–water partition coefficient (Wildman–Crippen LogP) is -0.551. The quantitative estimate of drug-likeness (QED) is 0.425. The number of β-amino-alcohol motifs (C(OH)–C–C–N with tert-alkyl or cyclic N) is 1. The van der Waals surface area contributed by atoms with Crippen LogP contribution in [0.25, 0.3) is 0 Å². The molecule has 2 N–H and O–H groups in total. The number of halogens is 1. The van der Waals surface area contributed by atoms with Crippen molar-refractivity contribution < 1.29 is 5.11 Å². The number of hydrogen-bond acceptors (Lipinski definition) is 3. The summed E-state index contributed by atoms with van der Waals surface area (Å²) in [4.78, 5) is 2.07. The standard InChI is InChI=1S/C6H13ClN2O/c7-6-5-8-1-2-9(6)3-4-10/h6,8,10H,1-5H2. The maximum atomic E-state index is 8.62. The van der Waals surface area contributed by atoms with Crippen molar-refractivity contribution in [1.82, 2.24) is 10.2 Å². The fourth-order valence-electron chi connectivity index (χ4n) is 1.09. The summed E-state index contributed by atoms with van der Waals surface area (Å²) in [6.07, 6.45) is 0. The summed E-state index contributed by atoms with van der Waals surface area (Å²) in [7, 11) is 0. The first-order valence-electron chi connectivity index (χ1n) is 3.54. The number of rotatable bonds is 2. The monoisotopic (exact) mass is 164 g/mol. The van der Waals surface area contributed by atoms with Gasteiger partial charge in [0.1, 0.15) is 0 Å². The fourth-order valence-corrected chi connectivity index (χ4v) is 1.40. The van der Waals surface area contributed by atoms with Gasteiger partial charge >= 0.3 is 0 Å². The number of aliphatic hydroxyl groups excluding tert-OH is 1. The molecule has 10 heavy (non-hydrogen) atoms. The minimum absolute atomic E-state index is 0.0564. The maximum absolute atomic E-state index is 8.62. The van der Waals surface area contributed by atoms with Crippen molar-refractivity contribution in [1.29, 1.82) is 0 Å². The van der Waals surface area contributed by atoms with Crippen LogP contribution in [-0.4, -0.2) is 48.3 Å². The van der Waals surface area contributed by atoms with E-state index < -0.39 is 0 Å². The molecular weight excluding hydrogens is 152 g/mol. The molecule has 0 spiro atoms. The van der Waals surface area contributed by atoms with Gasteiger partial charge in [0.15, 0.2) is 0 Å². The number of piperazine rings is 1. The number of aliphatic hydroxyl groups is 1. The molecule has 1 aliphatic heterocycles. The van der Waals surface area contributed by atoms with Crippen LogP contribution in [0.2, 0.25) is 0 Å². The van der Waals surface area contributed by atoms with Crippen molar-refractivity contribution in [3.8, 4) is 0 Å². The number of nitrogens with zero attached hydrogens (tertiary/aromatic N) is 1. The largest absolute Gasteiger partial charge is 0.395 e. The van der Waals surface area contributed by atoms with Gasteiger partial charge in [-0.15, -0.1) is 11.6 Å². The third kappa shape index (κ3) is 2.09. The Kier molecular flexibility index (Phi) is 3.42. The van der Waals surface area contributed by atoms with E-state index in [1.54, 1.807) is 0 Å². The second-order valence-electron chi connectivity index (χ2n) is 2.40. The van der Waals surface area contributed by atoms with Gasteiger partial charge in [-0.05, 0) is 0 Å². The van der Waals surface area contributed by atoms with Crippen LogP contribution in [0.3, 0.4) is 0 Å². The smallest absolute Gasteiger partial charge is 0.0977 e. The molecule has 1 fully saturated rings. The molecule has 1 atom stereocenters. The molecule has 4 heteroatoms. The minimum Gasteiger partial charge on any atom is -0.395 e. The molecule has 0 aromatic rings. The van der Waals surface area contributed by atoms with Gasteiger partial charge in [-0.3, -0.25) is 4.90 Å². The molecule has 0 aromatic heterocycles. The van der Waals surface area contributed by atoms with Gasteiger partial charge < -0.3 is 10.4 Å². The van der Waals surface area contributed by atoms with Gasteiger partial charge in [-0.25, -0.2) is 0 Å². The lowest BCUT2D eigenvalue weighted by molar-refractivity contribution is 0.164. The fraction of sp³-hybridized carbons (Fsp3) is 1.00. The molecule has 3 nitrogen and oxygen atoms in total. The minimum atomic E-state index is 0.0564. The zero-order valence-corrected chi connectivity index (χ0v) is 6.64. The van der Waals surface area contributed by atoms with Gasteiger partial charge in [0.25, 0.3) is 0 Å². The van der Waals surface area contributed by atoms with E-state index in [1.807, 2.05) is 0 Å². The highest BCUT2D eigenvalue weighted by molar-refractivity contribution is 6.20. The molecular formula is C6H13ClN2O. The van der Waals surface area contributed by atoms with E-state index in [9.17, 15) is 0 Å². The lowest BCUT2D eigenvalue weighted by atomic mass is 10.3. The van der Waals surface area contributed by atoms with Gasteiger partial charge in [0.05, 0.1) is 12.1 Å². The van der Waals surface area contributed by atoms with E-state index in [4.69, 9.17) is 16.7 Å². The average molecular weight is 165 g/mol. The number of alkyl halides is 1. The van der Waals surface area contributed by atoms with Crippen LogP contribution in [0.15, 0.2) is 0 Å². The van der Waals surface area contributed by atoms with Crippen molar-refractivity contribution in [2.45, 2.75) is 5.50 Å². The van der Waals surface area contributed by atoms with E-state index in [2.05, 4.69) is 10.2 Å². The maximum Gasteiger partial charge on any atom is 0.0977 e. The number of nitrogens with one attached hydrogen (secondary N) is 1. The zero-order valence-electron chi connectivity index (χ0n) is 5.89. The highest BCUT2D eigenvalue weighted by Crippen LogP contribution is 2.05. The van der Waals surface area contributed by atoms with E-state index in [1.165, 1.54) is 0 Å². The van der Waals surface area contributed by atoms with E-state index >= 15 is 0 Å². The Morgan fingerprint density at radius 1 is 1.70 bits per heavy atom. The summed E-state index contributed by atoms with van der Waals surface area (Å²) in [5.74, 6) is 0. The van der Waals surface area contributed by atoms with Crippen LogP contribution in [-0.2, 0) is 0 Å². The van der Waals surface area contributed by atoms with Crippen molar-refractivity contribution in [2.24, 2.45) is 0 Å². The SMILES string of the molecule is OCCN1CCNCC1Cl. The Morgan fingerprint density at radius 2 is 2.50 bits per heavy atom. The molecule has 1 aliphatic rings. The molecule has 0 radical (unpaired) electrons. The van der Waals surface area contributed by atoms with Crippen molar-refractivity contribution in [3.05, 3.63) is 0 Å². The van der Waals surface area contributed by atoms with Gasteiger partial charge in [0.2, 0.25) is 0 Å². The summed E-state index contributed by atoms with van der Waals surface area (Å²) < 4.78 is 0. The molecule has 60 valence electrons. The third-order valence-electron chi connectivity index (χ3n) is 1.67. The third-order valence-corrected chi connectivity index (χ3v) is 2.10. The average Bonchev–Trinajstić information content (AvgIpc) is 1.94. The number of hydrogen-bond donors (Lipinski definition) is 2. The Labute approximate surface area is 66.0 Å². The van der Waals surface area contributed by atoms with Crippen LogP contribution in [0.5, 0.6) is 0 Å².